The van der Waals surface area contributed by atoms with Gasteiger partial charge in [-0.1, -0.05) is 12.1 Å². The maximum atomic E-state index is 13.9. The standard InChI is InChI=1S/C14H12F2O/c1-9-13(15)8-7-12(14(9)16)10-3-5-11(17-2)6-4-10/h3-8H,1-2H3. The average molecular weight is 234 g/mol. The Morgan fingerprint density at radius 3 is 2.18 bits per heavy atom. The number of halogens is 2. The first-order chi connectivity index (χ1) is 8.13. The lowest BCUT2D eigenvalue weighted by Crippen LogP contribution is -1.92. The van der Waals surface area contributed by atoms with Crippen LogP contribution in [0.1, 0.15) is 5.56 Å². The molecule has 0 saturated carbocycles. The molecule has 1 nitrogen and oxygen atoms in total. The molecule has 88 valence electrons. The Morgan fingerprint density at radius 2 is 1.59 bits per heavy atom. The molecule has 0 aromatic heterocycles. The van der Waals surface area contributed by atoms with Gasteiger partial charge in [-0.25, -0.2) is 8.78 Å². The van der Waals surface area contributed by atoms with Gasteiger partial charge in [0.2, 0.25) is 0 Å². The zero-order valence-electron chi connectivity index (χ0n) is 9.63. The van der Waals surface area contributed by atoms with Crippen molar-refractivity contribution in [1.82, 2.24) is 0 Å². The molecule has 3 heteroatoms. The molecule has 0 N–H and O–H groups in total. The molecule has 2 rings (SSSR count). The van der Waals surface area contributed by atoms with Crippen LogP contribution in [0.15, 0.2) is 36.4 Å². The third-order valence-corrected chi connectivity index (χ3v) is 2.72. The first-order valence-corrected chi connectivity index (χ1v) is 5.22. The smallest absolute Gasteiger partial charge is 0.136 e. The summed E-state index contributed by atoms with van der Waals surface area (Å²) in [7, 11) is 1.57. The van der Waals surface area contributed by atoms with Crippen molar-refractivity contribution in [2.75, 3.05) is 7.11 Å². The van der Waals surface area contributed by atoms with Crippen LogP contribution in [0, 0.1) is 18.6 Å². The van der Waals surface area contributed by atoms with E-state index in [0.29, 0.717) is 16.9 Å². The molecule has 17 heavy (non-hydrogen) atoms. The van der Waals surface area contributed by atoms with Gasteiger partial charge in [0.25, 0.3) is 0 Å². The Kier molecular flexibility index (Phi) is 3.09. The van der Waals surface area contributed by atoms with E-state index in [1.807, 2.05) is 0 Å². The molecule has 0 fully saturated rings. The van der Waals surface area contributed by atoms with E-state index in [4.69, 9.17) is 4.74 Å². The van der Waals surface area contributed by atoms with Gasteiger partial charge in [-0.2, -0.15) is 0 Å². The molecule has 0 heterocycles. The lowest BCUT2D eigenvalue weighted by molar-refractivity contribution is 0.415. The summed E-state index contributed by atoms with van der Waals surface area (Å²) < 4.78 is 32.0. The van der Waals surface area contributed by atoms with E-state index in [-0.39, 0.29) is 5.56 Å². The highest BCUT2D eigenvalue weighted by atomic mass is 19.1. The van der Waals surface area contributed by atoms with Gasteiger partial charge in [-0.15, -0.1) is 0 Å². The van der Waals surface area contributed by atoms with E-state index in [1.54, 1.807) is 31.4 Å². The summed E-state index contributed by atoms with van der Waals surface area (Å²) in [4.78, 5) is 0. The Hall–Kier alpha value is -1.90. The lowest BCUT2D eigenvalue weighted by atomic mass is 10.0. The van der Waals surface area contributed by atoms with Gasteiger partial charge in [-0.3, -0.25) is 0 Å². The first-order valence-electron chi connectivity index (χ1n) is 5.22. The zero-order valence-corrected chi connectivity index (χ0v) is 9.63. The lowest BCUT2D eigenvalue weighted by Gasteiger charge is -2.07. The zero-order chi connectivity index (χ0) is 12.4. The van der Waals surface area contributed by atoms with Crippen LogP contribution in [0.4, 0.5) is 8.78 Å². The summed E-state index contributed by atoms with van der Waals surface area (Å²) in [5, 5.41) is 0. The first kappa shape index (κ1) is 11.6. The van der Waals surface area contributed by atoms with Crippen molar-refractivity contribution >= 4 is 0 Å². The van der Waals surface area contributed by atoms with Crippen LogP contribution < -0.4 is 4.74 Å². The van der Waals surface area contributed by atoms with Crippen molar-refractivity contribution < 1.29 is 13.5 Å². The van der Waals surface area contributed by atoms with E-state index in [9.17, 15) is 8.78 Å². The fourth-order valence-corrected chi connectivity index (χ4v) is 1.66. The van der Waals surface area contributed by atoms with Gasteiger partial charge >= 0.3 is 0 Å². The minimum atomic E-state index is -0.528. The van der Waals surface area contributed by atoms with E-state index in [1.165, 1.54) is 19.1 Å². The highest BCUT2D eigenvalue weighted by Gasteiger charge is 2.11. The van der Waals surface area contributed by atoms with Crippen molar-refractivity contribution in [3.05, 3.63) is 53.6 Å². The third-order valence-electron chi connectivity index (χ3n) is 2.72. The Bertz CT molecular complexity index is 533. The third kappa shape index (κ3) is 2.13. The minimum absolute atomic E-state index is 0.0401. The Balaban J connectivity index is 2.49. The largest absolute Gasteiger partial charge is 0.497 e. The fourth-order valence-electron chi connectivity index (χ4n) is 1.66. The van der Waals surface area contributed by atoms with Crippen LogP contribution in [-0.4, -0.2) is 7.11 Å². The number of benzene rings is 2. The van der Waals surface area contributed by atoms with Gasteiger partial charge in [0.05, 0.1) is 7.11 Å². The van der Waals surface area contributed by atoms with E-state index >= 15 is 0 Å². The van der Waals surface area contributed by atoms with Gasteiger partial charge in [0.1, 0.15) is 17.4 Å². The second kappa shape index (κ2) is 4.53. The Labute approximate surface area is 98.7 Å². The van der Waals surface area contributed by atoms with Crippen molar-refractivity contribution in [2.45, 2.75) is 6.92 Å². The maximum Gasteiger partial charge on any atom is 0.136 e. The molecule has 0 radical (unpaired) electrons. The molecular weight excluding hydrogens is 222 g/mol. The molecule has 0 aliphatic carbocycles. The van der Waals surface area contributed by atoms with E-state index < -0.39 is 11.6 Å². The molecule has 0 atom stereocenters. The van der Waals surface area contributed by atoms with Crippen LogP contribution in [0.5, 0.6) is 5.75 Å². The fraction of sp³-hybridized carbons (Fsp3) is 0.143. The number of rotatable bonds is 2. The highest BCUT2D eigenvalue weighted by Crippen LogP contribution is 2.27. The predicted octanol–water partition coefficient (Wildman–Crippen LogP) is 3.95. The molecule has 0 amide bonds. The number of hydrogen-bond acceptors (Lipinski definition) is 1. The quantitative estimate of drug-likeness (QED) is 0.764. The molecular formula is C14H12F2O. The summed E-state index contributed by atoms with van der Waals surface area (Å²) in [5.41, 5.74) is 1.14. The second-order valence-electron chi connectivity index (χ2n) is 3.76. The molecule has 2 aromatic carbocycles. The molecule has 0 unspecified atom stereocenters. The number of hydrogen-bond donors (Lipinski definition) is 0. The molecule has 0 aliphatic heterocycles. The molecule has 2 aromatic rings. The van der Waals surface area contributed by atoms with Crippen LogP contribution in [0.2, 0.25) is 0 Å². The van der Waals surface area contributed by atoms with Crippen molar-refractivity contribution in [2.24, 2.45) is 0 Å². The van der Waals surface area contributed by atoms with Crippen LogP contribution in [-0.2, 0) is 0 Å². The van der Waals surface area contributed by atoms with Crippen LogP contribution >= 0.6 is 0 Å². The van der Waals surface area contributed by atoms with Crippen LogP contribution in [0.3, 0.4) is 0 Å². The molecule has 0 spiro atoms. The maximum absolute atomic E-state index is 13.9. The van der Waals surface area contributed by atoms with E-state index in [0.717, 1.165) is 0 Å². The van der Waals surface area contributed by atoms with Crippen LogP contribution in [0.25, 0.3) is 11.1 Å². The van der Waals surface area contributed by atoms with Gasteiger partial charge in [0, 0.05) is 11.1 Å². The monoisotopic (exact) mass is 234 g/mol. The summed E-state index contributed by atoms with van der Waals surface area (Å²) in [6.45, 7) is 1.43. The predicted molar refractivity (Wildman–Crippen MR) is 63.1 cm³/mol. The average Bonchev–Trinajstić information content (AvgIpc) is 2.36. The Morgan fingerprint density at radius 1 is 0.941 bits per heavy atom. The topological polar surface area (TPSA) is 9.23 Å². The minimum Gasteiger partial charge on any atom is -0.497 e. The number of ether oxygens (including phenoxy) is 1. The van der Waals surface area contributed by atoms with E-state index in [2.05, 4.69) is 0 Å². The second-order valence-corrected chi connectivity index (χ2v) is 3.76. The molecule has 0 bridgehead atoms. The van der Waals surface area contributed by atoms with Gasteiger partial charge in [0.15, 0.2) is 0 Å². The SMILES string of the molecule is COc1ccc(-c2ccc(F)c(C)c2F)cc1. The molecule has 0 aliphatic rings. The van der Waals surface area contributed by atoms with Gasteiger partial charge in [-0.05, 0) is 36.8 Å². The van der Waals surface area contributed by atoms with Crippen molar-refractivity contribution in [3.63, 3.8) is 0 Å². The summed E-state index contributed by atoms with van der Waals surface area (Å²) in [6, 6.07) is 9.70. The summed E-state index contributed by atoms with van der Waals surface area (Å²) >= 11 is 0. The highest BCUT2D eigenvalue weighted by molar-refractivity contribution is 5.65. The number of methoxy groups -OCH3 is 1. The van der Waals surface area contributed by atoms with Crippen molar-refractivity contribution in [3.8, 4) is 16.9 Å². The van der Waals surface area contributed by atoms with Gasteiger partial charge < -0.3 is 4.74 Å². The summed E-state index contributed by atoms with van der Waals surface area (Å²) in [5.74, 6) is -0.345. The summed E-state index contributed by atoms with van der Waals surface area (Å²) in [6.07, 6.45) is 0. The normalized spacial score (nSPS) is 10.4. The van der Waals surface area contributed by atoms with Crippen molar-refractivity contribution in [1.29, 1.82) is 0 Å². The molecule has 0 saturated heterocycles.